The largest absolute Gasteiger partial charge is 0.323 e. The van der Waals surface area contributed by atoms with E-state index in [9.17, 15) is 8.42 Å². The van der Waals surface area contributed by atoms with Gasteiger partial charge in [0.15, 0.2) is 0 Å². The van der Waals surface area contributed by atoms with Gasteiger partial charge >= 0.3 is 0 Å². The zero-order valence-electron chi connectivity index (χ0n) is 10.7. The lowest BCUT2D eigenvalue weighted by molar-refractivity contribution is 0.538. The first kappa shape index (κ1) is 14.2. The molecule has 1 aromatic heterocycles. The van der Waals surface area contributed by atoms with Gasteiger partial charge in [0, 0.05) is 24.6 Å². The van der Waals surface area contributed by atoms with Crippen molar-refractivity contribution >= 4 is 9.84 Å². The van der Waals surface area contributed by atoms with Crippen molar-refractivity contribution in [3.8, 4) is 0 Å². The molecule has 0 aliphatic heterocycles. The minimum absolute atomic E-state index is 0.141. The summed E-state index contributed by atoms with van der Waals surface area (Å²) in [5, 5.41) is 4.33. The summed E-state index contributed by atoms with van der Waals surface area (Å²) in [5.74, 6) is 0.194. The third kappa shape index (κ3) is 4.47. The van der Waals surface area contributed by atoms with Crippen molar-refractivity contribution in [3.63, 3.8) is 0 Å². The van der Waals surface area contributed by atoms with E-state index in [1.165, 1.54) is 6.26 Å². The number of nitrogens with zero attached hydrogens (tertiary/aromatic N) is 2. The van der Waals surface area contributed by atoms with Crippen molar-refractivity contribution in [1.29, 1.82) is 0 Å². The molecule has 1 heterocycles. The van der Waals surface area contributed by atoms with E-state index in [0.717, 1.165) is 17.9 Å². The van der Waals surface area contributed by atoms with Gasteiger partial charge in [-0.3, -0.25) is 4.68 Å². The summed E-state index contributed by atoms with van der Waals surface area (Å²) in [6, 6.07) is 1.83. The molecule has 0 spiro atoms. The summed E-state index contributed by atoms with van der Waals surface area (Å²) in [5.41, 5.74) is 7.99. The van der Waals surface area contributed by atoms with Crippen LogP contribution in [0.3, 0.4) is 0 Å². The van der Waals surface area contributed by atoms with Crippen LogP contribution in [0.15, 0.2) is 6.07 Å². The highest BCUT2D eigenvalue weighted by Crippen LogP contribution is 2.17. The van der Waals surface area contributed by atoms with Crippen molar-refractivity contribution in [3.05, 3.63) is 17.5 Å². The van der Waals surface area contributed by atoms with Crippen molar-refractivity contribution < 1.29 is 8.42 Å². The molecule has 1 aromatic rings. The maximum Gasteiger partial charge on any atom is 0.147 e. The molecular formula is C11H21N3O2S. The minimum atomic E-state index is -2.89. The Morgan fingerprint density at radius 3 is 2.71 bits per heavy atom. The predicted octanol–water partition coefficient (Wildman–Crippen LogP) is 1.04. The van der Waals surface area contributed by atoms with E-state index in [-0.39, 0.29) is 11.8 Å². The predicted molar refractivity (Wildman–Crippen MR) is 68.5 cm³/mol. The van der Waals surface area contributed by atoms with Crippen molar-refractivity contribution in [1.82, 2.24) is 9.78 Å². The van der Waals surface area contributed by atoms with Crippen LogP contribution in [-0.2, 0) is 16.4 Å². The van der Waals surface area contributed by atoms with E-state index in [2.05, 4.69) is 5.10 Å². The Morgan fingerprint density at radius 2 is 2.18 bits per heavy atom. The highest BCUT2D eigenvalue weighted by atomic mass is 32.2. The lowest BCUT2D eigenvalue weighted by Gasteiger charge is -2.12. The van der Waals surface area contributed by atoms with Crippen LogP contribution in [0.5, 0.6) is 0 Å². The standard InChI is InChI=1S/C11H21N3O2S/c1-4-14-11(8-9(2)13-14)10(12)6-5-7-17(3,15)16/h8,10H,4-7,12H2,1-3H3. The first-order chi connectivity index (χ1) is 7.83. The van der Waals surface area contributed by atoms with Gasteiger partial charge in [0.25, 0.3) is 0 Å². The molecule has 1 rings (SSSR count). The SMILES string of the molecule is CCn1nc(C)cc1C(N)CCCS(C)(=O)=O. The number of rotatable bonds is 6. The average Bonchev–Trinajstić information content (AvgIpc) is 2.57. The Kier molecular flexibility index (Phi) is 4.70. The third-order valence-electron chi connectivity index (χ3n) is 2.64. The fraction of sp³-hybridized carbons (Fsp3) is 0.727. The zero-order chi connectivity index (χ0) is 13.1. The van der Waals surface area contributed by atoms with Crippen LogP contribution in [0.2, 0.25) is 0 Å². The number of aryl methyl sites for hydroxylation is 2. The molecule has 98 valence electrons. The maximum atomic E-state index is 11.0. The normalized spacial score (nSPS) is 13.9. The van der Waals surface area contributed by atoms with Crippen LogP contribution < -0.4 is 5.73 Å². The van der Waals surface area contributed by atoms with Crippen LogP contribution >= 0.6 is 0 Å². The van der Waals surface area contributed by atoms with Crippen LogP contribution in [0.1, 0.15) is 37.2 Å². The molecule has 0 aliphatic carbocycles. The maximum absolute atomic E-state index is 11.0. The molecule has 2 N–H and O–H groups in total. The highest BCUT2D eigenvalue weighted by Gasteiger charge is 2.13. The van der Waals surface area contributed by atoms with E-state index >= 15 is 0 Å². The second kappa shape index (κ2) is 5.64. The molecule has 1 unspecified atom stereocenters. The summed E-state index contributed by atoms with van der Waals surface area (Å²) >= 11 is 0. The average molecular weight is 259 g/mol. The van der Waals surface area contributed by atoms with Crippen molar-refractivity contribution in [2.75, 3.05) is 12.0 Å². The van der Waals surface area contributed by atoms with Gasteiger partial charge in [0.05, 0.1) is 11.4 Å². The lowest BCUT2D eigenvalue weighted by Crippen LogP contribution is -2.17. The molecule has 1 atom stereocenters. The van der Waals surface area contributed by atoms with E-state index in [1.807, 2.05) is 24.6 Å². The monoisotopic (exact) mass is 259 g/mol. The van der Waals surface area contributed by atoms with E-state index in [0.29, 0.717) is 12.8 Å². The first-order valence-electron chi connectivity index (χ1n) is 5.81. The summed E-state index contributed by atoms with van der Waals surface area (Å²) < 4.78 is 23.9. The van der Waals surface area contributed by atoms with Gasteiger partial charge < -0.3 is 5.73 Å². The molecule has 0 amide bonds. The Labute approximate surface area is 103 Å². The van der Waals surface area contributed by atoms with Gasteiger partial charge in [-0.2, -0.15) is 5.10 Å². The van der Waals surface area contributed by atoms with Crippen molar-refractivity contribution in [2.45, 2.75) is 39.3 Å². The molecule has 6 heteroatoms. The molecule has 0 radical (unpaired) electrons. The fourth-order valence-corrected chi connectivity index (χ4v) is 2.52. The summed E-state index contributed by atoms with van der Waals surface area (Å²) in [6.45, 7) is 4.72. The zero-order valence-corrected chi connectivity index (χ0v) is 11.5. The highest BCUT2D eigenvalue weighted by molar-refractivity contribution is 7.90. The first-order valence-corrected chi connectivity index (χ1v) is 7.87. The molecule has 5 nitrogen and oxygen atoms in total. The van der Waals surface area contributed by atoms with Gasteiger partial charge in [-0.1, -0.05) is 0 Å². The topological polar surface area (TPSA) is 78.0 Å². The van der Waals surface area contributed by atoms with Gasteiger partial charge in [0.1, 0.15) is 9.84 Å². The number of hydrogen-bond donors (Lipinski definition) is 1. The summed E-state index contributed by atoms with van der Waals surface area (Å²) in [4.78, 5) is 0. The summed E-state index contributed by atoms with van der Waals surface area (Å²) in [7, 11) is -2.89. The molecule has 0 fully saturated rings. The van der Waals surface area contributed by atoms with E-state index in [4.69, 9.17) is 5.73 Å². The molecular weight excluding hydrogens is 238 g/mol. The van der Waals surface area contributed by atoms with Crippen LogP contribution in [-0.4, -0.2) is 30.2 Å². The fourth-order valence-electron chi connectivity index (χ4n) is 1.83. The quantitative estimate of drug-likeness (QED) is 0.828. The number of aromatic nitrogens is 2. The molecule has 0 aromatic carbocycles. The summed E-state index contributed by atoms with van der Waals surface area (Å²) in [6.07, 6.45) is 2.51. The second-order valence-corrected chi connectivity index (χ2v) is 6.66. The Bertz CT molecular complexity index is 465. The van der Waals surface area contributed by atoms with Crippen LogP contribution in [0.4, 0.5) is 0 Å². The Hall–Kier alpha value is -0.880. The van der Waals surface area contributed by atoms with Crippen LogP contribution in [0.25, 0.3) is 0 Å². The van der Waals surface area contributed by atoms with E-state index < -0.39 is 9.84 Å². The smallest absolute Gasteiger partial charge is 0.147 e. The van der Waals surface area contributed by atoms with Crippen molar-refractivity contribution in [2.24, 2.45) is 5.73 Å². The molecule has 0 bridgehead atoms. The Morgan fingerprint density at radius 1 is 1.53 bits per heavy atom. The van der Waals surface area contributed by atoms with Crippen LogP contribution in [0, 0.1) is 6.92 Å². The van der Waals surface area contributed by atoms with Gasteiger partial charge in [-0.15, -0.1) is 0 Å². The van der Waals surface area contributed by atoms with Gasteiger partial charge in [-0.05, 0) is 32.8 Å². The minimum Gasteiger partial charge on any atom is -0.323 e. The second-order valence-electron chi connectivity index (χ2n) is 4.40. The molecule has 17 heavy (non-hydrogen) atoms. The third-order valence-corrected chi connectivity index (χ3v) is 3.67. The van der Waals surface area contributed by atoms with E-state index in [1.54, 1.807) is 0 Å². The number of nitrogens with two attached hydrogens (primary N) is 1. The Balaban J connectivity index is 2.60. The lowest BCUT2D eigenvalue weighted by atomic mass is 10.1. The molecule has 0 saturated carbocycles. The number of hydrogen-bond acceptors (Lipinski definition) is 4. The number of sulfone groups is 1. The molecule has 0 aliphatic rings. The van der Waals surface area contributed by atoms with Gasteiger partial charge in [-0.25, -0.2) is 8.42 Å². The molecule has 0 saturated heterocycles. The van der Waals surface area contributed by atoms with Gasteiger partial charge in [0.2, 0.25) is 0 Å².